The Morgan fingerprint density at radius 2 is 1.88 bits per heavy atom. The van der Waals surface area contributed by atoms with Gasteiger partial charge in [0.15, 0.2) is 11.6 Å². The quantitative estimate of drug-likeness (QED) is 0.772. The van der Waals surface area contributed by atoms with Crippen LogP contribution in [0.3, 0.4) is 0 Å². The summed E-state index contributed by atoms with van der Waals surface area (Å²) in [7, 11) is 0. The lowest BCUT2D eigenvalue weighted by Crippen LogP contribution is -2.42. The van der Waals surface area contributed by atoms with Crippen LogP contribution in [0.4, 0.5) is 14.5 Å². The Labute approximate surface area is 142 Å². The fourth-order valence-electron chi connectivity index (χ4n) is 2.97. The number of para-hydroxylation sites is 1. The maximum absolute atomic E-state index is 13.7. The predicted octanol–water partition coefficient (Wildman–Crippen LogP) is 4.32. The number of nitrogens with zero attached hydrogens (tertiary/aromatic N) is 1. The maximum atomic E-state index is 13.7. The zero-order chi connectivity index (χ0) is 17.4. The molecule has 0 radical (unpaired) electrons. The average Bonchev–Trinajstić information content (AvgIpc) is 3.13. The molecule has 25 heavy (non-hydrogen) atoms. The Balaban J connectivity index is 1.78. The molecule has 1 amide bonds. The second-order valence-electron chi connectivity index (χ2n) is 5.78. The number of benzene rings is 2. The van der Waals surface area contributed by atoms with Crippen LogP contribution in [0.15, 0.2) is 65.3 Å². The first-order valence-electron chi connectivity index (χ1n) is 7.77. The summed E-state index contributed by atoms with van der Waals surface area (Å²) in [5, 5.41) is 3.23. The number of carbonyl (C=O) groups excluding carboxylic acids is 1. The number of carbonyl (C=O) groups is 1. The van der Waals surface area contributed by atoms with Gasteiger partial charge in [-0.15, -0.1) is 0 Å². The van der Waals surface area contributed by atoms with Gasteiger partial charge in [0.2, 0.25) is 0 Å². The molecule has 6 heteroatoms. The Bertz CT molecular complexity index is 925. The molecule has 1 atom stereocenters. The van der Waals surface area contributed by atoms with Crippen LogP contribution < -0.4 is 5.32 Å². The number of anilines is 1. The number of hydrogen-bond acceptors (Lipinski definition) is 3. The van der Waals surface area contributed by atoms with Gasteiger partial charge in [0.1, 0.15) is 11.9 Å². The Morgan fingerprint density at radius 1 is 1.04 bits per heavy atom. The molecular formula is C19H14F2N2O2. The molecular weight excluding hydrogens is 326 g/mol. The molecule has 0 bridgehead atoms. The highest BCUT2D eigenvalue weighted by molar-refractivity contribution is 6.01. The summed E-state index contributed by atoms with van der Waals surface area (Å²) in [6.07, 6.45) is 0.889. The smallest absolute Gasteiger partial charge is 0.258 e. The number of nitrogens with one attached hydrogen (secondary N) is 1. The van der Waals surface area contributed by atoms with Crippen molar-refractivity contribution in [3.63, 3.8) is 0 Å². The molecule has 0 spiro atoms. The third-order valence-corrected chi connectivity index (χ3v) is 4.19. The van der Waals surface area contributed by atoms with Crippen molar-refractivity contribution in [3.8, 4) is 0 Å². The lowest BCUT2D eigenvalue weighted by Gasteiger charge is -2.37. The molecule has 0 saturated heterocycles. The molecule has 0 fully saturated rings. The van der Waals surface area contributed by atoms with Crippen molar-refractivity contribution in [1.29, 1.82) is 0 Å². The van der Waals surface area contributed by atoms with Gasteiger partial charge in [-0.05, 0) is 42.0 Å². The first-order chi connectivity index (χ1) is 12.1. The summed E-state index contributed by atoms with van der Waals surface area (Å²) in [6.45, 7) is 0.205. The summed E-state index contributed by atoms with van der Waals surface area (Å²) in [5.41, 5.74) is 1.62. The number of halogens is 2. The molecule has 3 aromatic rings. The van der Waals surface area contributed by atoms with Gasteiger partial charge < -0.3 is 14.6 Å². The van der Waals surface area contributed by atoms with E-state index in [2.05, 4.69) is 5.32 Å². The van der Waals surface area contributed by atoms with Crippen LogP contribution in [0.2, 0.25) is 0 Å². The minimum absolute atomic E-state index is 0.205. The molecule has 0 aliphatic carbocycles. The third kappa shape index (κ3) is 2.76. The number of amides is 1. The van der Waals surface area contributed by atoms with Crippen molar-refractivity contribution in [3.05, 3.63) is 89.4 Å². The van der Waals surface area contributed by atoms with Gasteiger partial charge in [-0.2, -0.15) is 0 Å². The number of hydrogen-bond donors (Lipinski definition) is 1. The minimum Gasteiger partial charge on any atom is -0.467 e. The van der Waals surface area contributed by atoms with E-state index in [0.717, 1.165) is 12.1 Å². The van der Waals surface area contributed by atoms with E-state index in [1.165, 1.54) is 17.2 Å². The molecule has 4 rings (SSSR count). The van der Waals surface area contributed by atoms with Crippen LogP contribution in [0.1, 0.15) is 27.8 Å². The van der Waals surface area contributed by atoms with E-state index in [1.54, 1.807) is 30.3 Å². The van der Waals surface area contributed by atoms with Gasteiger partial charge in [-0.25, -0.2) is 8.78 Å². The maximum Gasteiger partial charge on any atom is 0.258 e. The van der Waals surface area contributed by atoms with Crippen molar-refractivity contribution in [2.24, 2.45) is 0 Å². The van der Waals surface area contributed by atoms with E-state index in [0.29, 0.717) is 22.6 Å². The van der Waals surface area contributed by atoms with Crippen LogP contribution in [0.5, 0.6) is 0 Å². The van der Waals surface area contributed by atoms with Gasteiger partial charge in [0.05, 0.1) is 18.4 Å². The second-order valence-corrected chi connectivity index (χ2v) is 5.78. The van der Waals surface area contributed by atoms with E-state index in [9.17, 15) is 13.6 Å². The Hall–Kier alpha value is -3.15. The summed E-state index contributed by atoms with van der Waals surface area (Å²) >= 11 is 0. The van der Waals surface area contributed by atoms with Crippen molar-refractivity contribution >= 4 is 11.6 Å². The van der Waals surface area contributed by atoms with E-state index < -0.39 is 17.8 Å². The first kappa shape index (κ1) is 15.4. The van der Waals surface area contributed by atoms with Crippen LogP contribution >= 0.6 is 0 Å². The van der Waals surface area contributed by atoms with E-state index in [1.807, 2.05) is 6.07 Å². The normalized spacial score (nSPS) is 16.5. The van der Waals surface area contributed by atoms with Crippen molar-refractivity contribution in [2.75, 3.05) is 5.32 Å². The summed E-state index contributed by atoms with van der Waals surface area (Å²) in [6, 6.07) is 14.2. The van der Waals surface area contributed by atoms with Crippen molar-refractivity contribution < 1.29 is 18.0 Å². The summed E-state index contributed by atoms with van der Waals surface area (Å²) in [4.78, 5) is 14.5. The predicted molar refractivity (Wildman–Crippen MR) is 87.7 cm³/mol. The summed E-state index contributed by atoms with van der Waals surface area (Å²) < 4.78 is 32.3. The number of furan rings is 1. The summed E-state index contributed by atoms with van der Waals surface area (Å²) in [5.74, 6) is -1.49. The fourth-order valence-corrected chi connectivity index (χ4v) is 2.97. The highest BCUT2D eigenvalue weighted by Crippen LogP contribution is 2.34. The van der Waals surface area contributed by atoms with Gasteiger partial charge in [0.25, 0.3) is 5.91 Å². The topological polar surface area (TPSA) is 45.5 Å². The van der Waals surface area contributed by atoms with E-state index >= 15 is 0 Å². The highest BCUT2D eigenvalue weighted by atomic mass is 19.2. The van der Waals surface area contributed by atoms with E-state index in [4.69, 9.17) is 4.42 Å². The first-order valence-corrected chi connectivity index (χ1v) is 7.77. The van der Waals surface area contributed by atoms with Crippen LogP contribution in [0, 0.1) is 11.6 Å². The Morgan fingerprint density at radius 3 is 2.64 bits per heavy atom. The van der Waals surface area contributed by atoms with Gasteiger partial charge in [-0.3, -0.25) is 4.79 Å². The average molecular weight is 340 g/mol. The Kier molecular flexibility index (Phi) is 3.72. The SMILES string of the molecule is O=C1c2ccccc2N[C@H](c2ccc(F)c(F)c2)N1Cc1ccco1. The number of fused-ring (bicyclic) bond motifs is 1. The molecule has 1 aliphatic heterocycles. The lowest BCUT2D eigenvalue weighted by atomic mass is 10.0. The van der Waals surface area contributed by atoms with Crippen LogP contribution in [-0.2, 0) is 6.54 Å². The standard InChI is InChI=1S/C19H14F2N2O2/c20-15-8-7-12(10-16(15)21)18-22-17-6-2-1-5-14(17)19(24)23(18)11-13-4-3-9-25-13/h1-10,18,22H,11H2/t18-/m0/s1. The van der Waals surface area contributed by atoms with Gasteiger partial charge in [0, 0.05) is 5.69 Å². The largest absolute Gasteiger partial charge is 0.467 e. The van der Waals surface area contributed by atoms with Gasteiger partial charge >= 0.3 is 0 Å². The molecule has 2 heterocycles. The second kappa shape index (κ2) is 6.05. The molecule has 126 valence electrons. The zero-order valence-electron chi connectivity index (χ0n) is 13.1. The molecule has 0 unspecified atom stereocenters. The van der Waals surface area contributed by atoms with Gasteiger partial charge in [-0.1, -0.05) is 18.2 Å². The van der Waals surface area contributed by atoms with Crippen molar-refractivity contribution in [2.45, 2.75) is 12.7 Å². The third-order valence-electron chi connectivity index (χ3n) is 4.19. The van der Waals surface area contributed by atoms with E-state index in [-0.39, 0.29) is 12.5 Å². The lowest BCUT2D eigenvalue weighted by molar-refractivity contribution is 0.0651. The molecule has 1 N–H and O–H groups in total. The molecule has 1 aliphatic rings. The minimum atomic E-state index is -0.955. The highest BCUT2D eigenvalue weighted by Gasteiger charge is 2.33. The van der Waals surface area contributed by atoms with Crippen LogP contribution in [0.25, 0.3) is 0 Å². The molecule has 2 aromatic carbocycles. The zero-order valence-corrected chi connectivity index (χ0v) is 13.1. The number of rotatable bonds is 3. The molecule has 0 saturated carbocycles. The monoisotopic (exact) mass is 340 g/mol. The molecule has 4 nitrogen and oxygen atoms in total. The molecule has 1 aromatic heterocycles. The van der Waals surface area contributed by atoms with Crippen molar-refractivity contribution in [1.82, 2.24) is 4.90 Å². The van der Waals surface area contributed by atoms with Crippen LogP contribution in [-0.4, -0.2) is 10.8 Å². The fraction of sp³-hybridized carbons (Fsp3) is 0.105.